The second-order valence-electron chi connectivity index (χ2n) is 11.7. The van der Waals surface area contributed by atoms with Gasteiger partial charge in [0.15, 0.2) is 0 Å². The quantitative estimate of drug-likeness (QED) is 0.0517. The molecule has 52 heavy (non-hydrogen) atoms. The summed E-state index contributed by atoms with van der Waals surface area (Å²) in [6, 6.07) is -4.78. The molecule has 2 rings (SSSR count). The SMILES string of the molecule is N[C@@H](CCCCN(Cc1nccn1CC(=O)O)Cc1nccn1CC(=O)O)C(=O)NCCCC[C@H](NC(=O)N[C@@H](CCC(=O)O)C(=O)O)C(=O)O.[Re]. The van der Waals surface area contributed by atoms with Gasteiger partial charge in [0.25, 0.3) is 0 Å². The summed E-state index contributed by atoms with van der Waals surface area (Å²) < 4.78 is 3.00. The molecule has 0 bridgehead atoms. The first-order valence-corrected chi connectivity index (χ1v) is 16.1. The number of carbonyl (C=O) groups is 7. The van der Waals surface area contributed by atoms with Crippen molar-refractivity contribution in [3.05, 3.63) is 36.4 Å². The van der Waals surface area contributed by atoms with Gasteiger partial charge >= 0.3 is 35.9 Å². The zero-order valence-electron chi connectivity index (χ0n) is 28.2. The van der Waals surface area contributed by atoms with Crippen LogP contribution in [0.4, 0.5) is 4.79 Å². The fraction of sp³-hybridized carbons (Fsp3) is 0.567. The molecular weight excluding hydrogens is 865 g/mol. The minimum atomic E-state index is -1.52. The van der Waals surface area contributed by atoms with Gasteiger partial charge in [-0.1, -0.05) is 6.42 Å². The number of aromatic nitrogens is 4. The van der Waals surface area contributed by atoms with Crippen LogP contribution in [-0.4, -0.2) is 123 Å². The molecule has 3 atom stereocenters. The molecule has 0 fully saturated rings. The number of hydrogen-bond acceptors (Lipinski definition) is 11. The molecule has 21 nitrogen and oxygen atoms in total. The Labute approximate surface area is 311 Å². The maximum Gasteiger partial charge on any atom is 0.326 e. The van der Waals surface area contributed by atoms with E-state index in [0.29, 0.717) is 43.9 Å². The number of imidazole rings is 2. The smallest absolute Gasteiger partial charge is 0.326 e. The predicted molar refractivity (Wildman–Crippen MR) is 174 cm³/mol. The first-order chi connectivity index (χ1) is 24.2. The van der Waals surface area contributed by atoms with E-state index in [1.807, 2.05) is 4.90 Å². The minimum Gasteiger partial charge on any atom is -0.481 e. The Bertz CT molecular complexity index is 1440. The summed E-state index contributed by atoms with van der Waals surface area (Å²) in [7, 11) is 0. The summed E-state index contributed by atoms with van der Waals surface area (Å²) in [4.78, 5) is 91.2. The summed E-state index contributed by atoms with van der Waals surface area (Å²) in [6.45, 7) is 0.616. The van der Waals surface area contributed by atoms with Gasteiger partial charge in [0, 0.05) is 58.2 Å². The number of rotatable bonds is 26. The summed E-state index contributed by atoms with van der Waals surface area (Å²) in [6.07, 6.45) is 7.27. The number of carboxylic acid groups (broad SMARTS) is 5. The van der Waals surface area contributed by atoms with E-state index < -0.39 is 66.3 Å². The zero-order chi connectivity index (χ0) is 37.9. The van der Waals surface area contributed by atoms with E-state index >= 15 is 0 Å². The Morgan fingerprint density at radius 1 is 0.712 bits per heavy atom. The summed E-state index contributed by atoms with van der Waals surface area (Å²) in [5, 5.41) is 52.7. The van der Waals surface area contributed by atoms with Crippen LogP contribution in [0.15, 0.2) is 24.8 Å². The number of aliphatic carboxylic acids is 5. The molecule has 0 aliphatic heterocycles. The van der Waals surface area contributed by atoms with Crippen molar-refractivity contribution in [2.45, 2.75) is 95.7 Å². The van der Waals surface area contributed by atoms with Crippen LogP contribution < -0.4 is 21.7 Å². The Morgan fingerprint density at radius 3 is 1.69 bits per heavy atom. The van der Waals surface area contributed by atoms with Crippen molar-refractivity contribution in [1.82, 2.24) is 40.0 Å². The third-order valence-corrected chi connectivity index (χ3v) is 7.59. The fourth-order valence-electron chi connectivity index (χ4n) is 4.96. The van der Waals surface area contributed by atoms with E-state index in [9.17, 15) is 48.9 Å². The van der Waals surface area contributed by atoms with Crippen molar-refractivity contribution in [2.24, 2.45) is 5.73 Å². The number of nitrogens with zero attached hydrogens (tertiary/aromatic N) is 5. The van der Waals surface area contributed by atoms with E-state index in [0.717, 1.165) is 0 Å². The topological polar surface area (TPSA) is 322 Å². The Kier molecular flexibility index (Phi) is 20.4. The van der Waals surface area contributed by atoms with Crippen molar-refractivity contribution in [3.8, 4) is 0 Å². The van der Waals surface area contributed by atoms with Crippen LogP contribution in [0.5, 0.6) is 0 Å². The normalized spacial score (nSPS) is 12.6. The molecule has 0 saturated carbocycles. The van der Waals surface area contributed by atoms with E-state index in [1.54, 1.807) is 12.4 Å². The van der Waals surface area contributed by atoms with Gasteiger partial charge in [-0.15, -0.1) is 0 Å². The predicted octanol–water partition coefficient (Wildman–Crippen LogP) is -0.897. The molecule has 22 heteroatoms. The minimum absolute atomic E-state index is 0. The summed E-state index contributed by atoms with van der Waals surface area (Å²) in [5.74, 6) is -5.55. The summed E-state index contributed by atoms with van der Waals surface area (Å²) >= 11 is 0. The third kappa shape index (κ3) is 17.3. The first-order valence-electron chi connectivity index (χ1n) is 16.1. The van der Waals surface area contributed by atoms with Gasteiger partial charge in [-0.2, -0.15) is 0 Å². The molecule has 1 radical (unpaired) electrons. The summed E-state index contributed by atoms with van der Waals surface area (Å²) in [5.41, 5.74) is 6.07. The molecule has 3 amide bonds. The molecule has 0 spiro atoms. The zero-order valence-corrected chi connectivity index (χ0v) is 30.9. The van der Waals surface area contributed by atoms with Crippen LogP contribution in [0.1, 0.15) is 63.0 Å². The molecule has 0 saturated heterocycles. The second-order valence-corrected chi connectivity index (χ2v) is 11.7. The van der Waals surface area contributed by atoms with Crippen molar-refractivity contribution in [3.63, 3.8) is 0 Å². The van der Waals surface area contributed by atoms with Crippen molar-refractivity contribution >= 4 is 41.8 Å². The van der Waals surface area contributed by atoms with Crippen LogP contribution in [0, 0.1) is 0 Å². The number of nitrogens with two attached hydrogens (primary N) is 1. The molecule has 2 heterocycles. The van der Waals surface area contributed by atoms with Crippen LogP contribution >= 0.6 is 0 Å². The average Bonchev–Trinajstić information content (AvgIpc) is 3.67. The molecular formula is C30H45N9O12Re. The molecule has 2 aromatic rings. The van der Waals surface area contributed by atoms with Gasteiger partial charge < -0.3 is 56.4 Å². The molecule has 0 unspecified atom stereocenters. The van der Waals surface area contributed by atoms with Crippen molar-refractivity contribution in [1.29, 1.82) is 0 Å². The third-order valence-electron chi connectivity index (χ3n) is 7.59. The number of carboxylic acids is 5. The van der Waals surface area contributed by atoms with Crippen molar-refractivity contribution < 1.29 is 79.5 Å². The van der Waals surface area contributed by atoms with Crippen molar-refractivity contribution in [2.75, 3.05) is 13.1 Å². The number of urea groups is 1. The standard InChI is InChI=1S/C30H45N9O12.Re/c31-19(27(46)34-9-3-1-6-20(28(47)48)35-30(51)36-21(29(49)50)7-8-24(40)41)5-2-4-12-37(15-22-32-10-13-38(22)17-25(42)43)16-23-33-11-14-39(23)18-26(44)45;/h10-11,13-14,19-21H,1-9,12,15-18,31H2,(H,34,46)(H,40,41)(H,42,43)(H,44,45)(H,47,48)(H,49,50)(H2,35,36,51);/t19-,20-,21-;/m0./s1. The van der Waals surface area contributed by atoms with Crippen LogP contribution in [0.2, 0.25) is 0 Å². The average molecular weight is 910 g/mol. The number of amides is 3. The van der Waals surface area contributed by atoms with Crippen LogP contribution in [0.3, 0.4) is 0 Å². The van der Waals surface area contributed by atoms with Gasteiger partial charge in [-0.3, -0.25) is 24.1 Å². The molecule has 0 aromatic carbocycles. The Morgan fingerprint density at radius 2 is 1.21 bits per heavy atom. The fourth-order valence-corrected chi connectivity index (χ4v) is 4.96. The van der Waals surface area contributed by atoms with E-state index in [-0.39, 0.29) is 72.4 Å². The van der Waals surface area contributed by atoms with Crippen LogP contribution in [0.25, 0.3) is 0 Å². The number of hydrogen-bond donors (Lipinski definition) is 9. The molecule has 0 aliphatic rings. The second kappa shape index (κ2) is 23.5. The number of unbranched alkanes of at least 4 members (excludes halogenated alkanes) is 2. The van der Waals surface area contributed by atoms with E-state index in [1.165, 1.54) is 21.5 Å². The van der Waals surface area contributed by atoms with Gasteiger partial charge in [0.05, 0.1) is 19.1 Å². The monoisotopic (exact) mass is 910 g/mol. The largest absolute Gasteiger partial charge is 0.481 e. The molecule has 10 N–H and O–H groups in total. The molecule has 289 valence electrons. The Hall–Kier alpha value is -4.91. The molecule has 2 aromatic heterocycles. The van der Waals surface area contributed by atoms with Crippen LogP contribution in [-0.2, 0) is 75.4 Å². The maximum atomic E-state index is 12.5. The molecule has 0 aliphatic carbocycles. The number of carbonyl (C=O) groups excluding carboxylic acids is 2. The van der Waals surface area contributed by atoms with Gasteiger partial charge in [0.2, 0.25) is 5.91 Å². The Balaban J connectivity index is 0.0000135. The first kappa shape index (κ1) is 45.1. The number of nitrogens with one attached hydrogen (secondary N) is 3. The van der Waals surface area contributed by atoms with E-state index in [4.69, 9.17) is 15.9 Å². The van der Waals surface area contributed by atoms with Gasteiger partial charge in [0.1, 0.15) is 36.8 Å². The van der Waals surface area contributed by atoms with Gasteiger partial charge in [-0.25, -0.2) is 24.4 Å². The van der Waals surface area contributed by atoms with Gasteiger partial charge in [-0.05, 0) is 45.1 Å². The van der Waals surface area contributed by atoms with E-state index in [2.05, 4.69) is 25.9 Å². The maximum absolute atomic E-state index is 12.5.